The molecule has 3 N–H and O–H groups in total. The zero-order valence-corrected chi connectivity index (χ0v) is 10.2. The van der Waals surface area contributed by atoms with Crippen molar-refractivity contribution in [3.63, 3.8) is 0 Å². The highest BCUT2D eigenvalue weighted by Crippen LogP contribution is 1.96. The van der Waals surface area contributed by atoms with E-state index < -0.39 is 0 Å². The summed E-state index contributed by atoms with van der Waals surface area (Å²) in [4.78, 5) is 30.4. The molecule has 1 rings (SSSR count). The van der Waals surface area contributed by atoms with Gasteiger partial charge in [0.15, 0.2) is 0 Å². The number of H-pyrrole nitrogens is 1. The van der Waals surface area contributed by atoms with Crippen molar-refractivity contribution in [2.45, 2.75) is 6.92 Å². The number of urea groups is 1. The lowest BCUT2D eigenvalue weighted by molar-refractivity contribution is 0.218. The zero-order valence-electron chi connectivity index (χ0n) is 10.2. The fourth-order valence-corrected chi connectivity index (χ4v) is 1.19. The highest BCUT2D eigenvalue weighted by atomic mass is 16.2. The number of nitrogens with zero attached hydrogens (tertiary/aromatic N) is 2. The van der Waals surface area contributed by atoms with Gasteiger partial charge in [-0.25, -0.2) is 9.78 Å². The van der Waals surface area contributed by atoms with Crippen molar-refractivity contribution in [3.8, 4) is 0 Å². The van der Waals surface area contributed by atoms with E-state index in [1.807, 2.05) is 0 Å². The Morgan fingerprint density at radius 3 is 2.76 bits per heavy atom. The van der Waals surface area contributed by atoms with Gasteiger partial charge in [0, 0.05) is 33.3 Å². The average molecular weight is 239 g/mol. The summed E-state index contributed by atoms with van der Waals surface area (Å²) in [5.74, 6) is 1.06. The minimum absolute atomic E-state index is 0.151. The summed E-state index contributed by atoms with van der Waals surface area (Å²) < 4.78 is 0. The van der Waals surface area contributed by atoms with Crippen LogP contribution in [0.2, 0.25) is 0 Å². The van der Waals surface area contributed by atoms with Gasteiger partial charge in [0.25, 0.3) is 5.56 Å². The zero-order chi connectivity index (χ0) is 12.8. The summed E-state index contributed by atoms with van der Waals surface area (Å²) in [5.41, 5.74) is -0.197. The highest BCUT2D eigenvalue weighted by molar-refractivity contribution is 5.73. The molecule has 0 aliphatic carbocycles. The number of aryl methyl sites for hydroxylation is 1. The van der Waals surface area contributed by atoms with Crippen LogP contribution in [0.3, 0.4) is 0 Å². The molecule has 2 amide bonds. The van der Waals surface area contributed by atoms with E-state index >= 15 is 0 Å². The first kappa shape index (κ1) is 13.0. The molecule has 0 bridgehead atoms. The van der Waals surface area contributed by atoms with Crippen LogP contribution in [-0.4, -0.2) is 48.1 Å². The molecule has 0 unspecified atom stereocenters. The van der Waals surface area contributed by atoms with Crippen LogP contribution in [0, 0.1) is 6.92 Å². The third kappa shape index (κ3) is 4.54. The van der Waals surface area contributed by atoms with E-state index in [0.717, 1.165) is 0 Å². The molecule has 0 saturated carbocycles. The third-order valence-electron chi connectivity index (χ3n) is 1.97. The quantitative estimate of drug-likeness (QED) is 0.633. The van der Waals surface area contributed by atoms with Crippen molar-refractivity contribution in [2.24, 2.45) is 0 Å². The van der Waals surface area contributed by atoms with Gasteiger partial charge in [-0.2, -0.15) is 0 Å². The van der Waals surface area contributed by atoms with E-state index in [2.05, 4.69) is 20.6 Å². The van der Waals surface area contributed by atoms with Crippen molar-refractivity contribution in [1.82, 2.24) is 20.2 Å². The number of anilines is 1. The van der Waals surface area contributed by atoms with Crippen LogP contribution in [0.1, 0.15) is 5.82 Å². The summed E-state index contributed by atoms with van der Waals surface area (Å²) in [6.07, 6.45) is 0. The predicted octanol–water partition coefficient (Wildman–Crippen LogP) is -0.239. The number of nitrogens with one attached hydrogen (secondary N) is 3. The molecule has 0 aromatic carbocycles. The molecule has 1 aromatic rings. The molecule has 0 radical (unpaired) electrons. The van der Waals surface area contributed by atoms with Crippen molar-refractivity contribution < 1.29 is 4.79 Å². The monoisotopic (exact) mass is 239 g/mol. The number of aromatic amines is 1. The summed E-state index contributed by atoms with van der Waals surface area (Å²) >= 11 is 0. The van der Waals surface area contributed by atoms with Gasteiger partial charge in [-0.05, 0) is 6.92 Å². The number of amides is 2. The molecule has 1 aromatic heterocycles. The predicted molar refractivity (Wildman–Crippen MR) is 65.2 cm³/mol. The van der Waals surface area contributed by atoms with Gasteiger partial charge in [-0.3, -0.25) is 4.79 Å². The van der Waals surface area contributed by atoms with Gasteiger partial charge in [0.05, 0.1) is 0 Å². The van der Waals surface area contributed by atoms with Crippen LogP contribution >= 0.6 is 0 Å². The van der Waals surface area contributed by atoms with Gasteiger partial charge < -0.3 is 20.5 Å². The normalized spacial score (nSPS) is 9.82. The Balaban J connectivity index is 2.36. The van der Waals surface area contributed by atoms with Crippen LogP contribution in [0.15, 0.2) is 10.9 Å². The van der Waals surface area contributed by atoms with Crippen LogP contribution in [0.5, 0.6) is 0 Å². The minimum atomic E-state index is -0.197. The van der Waals surface area contributed by atoms with Gasteiger partial charge >= 0.3 is 6.03 Å². The lowest BCUT2D eigenvalue weighted by Crippen LogP contribution is -2.37. The van der Waals surface area contributed by atoms with E-state index in [0.29, 0.717) is 24.7 Å². The van der Waals surface area contributed by atoms with E-state index in [1.165, 1.54) is 11.0 Å². The second-order valence-electron chi connectivity index (χ2n) is 3.77. The first-order valence-corrected chi connectivity index (χ1v) is 5.26. The second kappa shape index (κ2) is 5.88. The Morgan fingerprint density at radius 2 is 2.18 bits per heavy atom. The molecule has 7 heteroatoms. The average Bonchev–Trinajstić information content (AvgIpc) is 2.22. The standard InChI is InChI=1S/C10H17N5O2/c1-7-13-8(6-9(16)14-7)11-4-5-12-10(17)15(2)3/h6H,4-5H2,1-3H3,(H,12,17)(H2,11,13,14,16). The lowest BCUT2D eigenvalue weighted by atomic mass is 10.5. The van der Waals surface area contributed by atoms with Gasteiger partial charge in [0.1, 0.15) is 11.6 Å². The van der Waals surface area contributed by atoms with Gasteiger partial charge in [0.2, 0.25) is 0 Å². The molecular formula is C10H17N5O2. The summed E-state index contributed by atoms with van der Waals surface area (Å²) in [5, 5.41) is 5.65. The van der Waals surface area contributed by atoms with Crippen LogP contribution in [0.25, 0.3) is 0 Å². The van der Waals surface area contributed by atoms with Crippen molar-refractivity contribution in [3.05, 3.63) is 22.2 Å². The van der Waals surface area contributed by atoms with E-state index in [1.54, 1.807) is 21.0 Å². The Kier molecular flexibility index (Phi) is 4.50. The molecule has 0 aliphatic heterocycles. The van der Waals surface area contributed by atoms with E-state index in [4.69, 9.17) is 0 Å². The van der Waals surface area contributed by atoms with E-state index in [-0.39, 0.29) is 11.6 Å². The number of carbonyl (C=O) groups is 1. The summed E-state index contributed by atoms with van der Waals surface area (Å²) in [7, 11) is 3.34. The fraction of sp³-hybridized carbons (Fsp3) is 0.500. The molecular weight excluding hydrogens is 222 g/mol. The van der Waals surface area contributed by atoms with Crippen molar-refractivity contribution in [1.29, 1.82) is 0 Å². The maximum atomic E-state index is 11.2. The Hall–Kier alpha value is -2.05. The Morgan fingerprint density at radius 1 is 1.47 bits per heavy atom. The summed E-state index contributed by atoms with van der Waals surface area (Å²) in [6, 6.07) is 1.22. The molecule has 94 valence electrons. The molecule has 1 heterocycles. The van der Waals surface area contributed by atoms with Crippen molar-refractivity contribution >= 4 is 11.8 Å². The first-order valence-electron chi connectivity index (χ1n) is 5.26. The fourth-order valence-electron chi connectivity index (χ4n) is 1.19. The van der Waals surface area contributed by atoms with Crippen molar-refractivity contribution in [2.75, 3.05) is 32.5 Å². The molecule has 0 atom stereocenters. The van der Waals surface area contributed by atoms with Crippen LogP contribution < -0.4 is 16.2 Å². The van der Waals surface area contributed by atoms with Crippen LogP contribution in [0.4, 0.5) is 10.6 Å². The SMILES string of the molecule is Cc1nc(NCCNC(=O)N(C)C)cc(=O)[nH]1. The first-order chi connectivity index (χ1) is 7.99. The highest BCUT2D eigenvalue weighted by Gasteiger charge is 2.01. The third-order valence-corrected chi connectivity index (χ3v) is 1.97. The number of aromatic nitrogens is 2. The number of carbonyl (C=O) groups excluding carboxylic acids is 1. The molecule has 17 heavy (non-hydrogen) atoms. The molecule has 0 saturated heterocycles. The molecule has 0 aliphatic rings. The topological polar surface area (TPSA) is 90.1 Å². The Bertz CT molecular complexity index is 441. The van der Waals surface area contributed by atoms with Gasteiger partial charge in [-0.1, -0.05) is 0 Å². The molecule has 7 nitrogen and oxygen atoms in total. The van der Waals surface area contributed by atoms with Gasteiger partial charge in [-0.15, -0.1) is 0 Å². The molecule has 0 spiro atoms. The maximum Gasteiger partial charge on any atom is 0.316 e. The molecule has 0 fully saturated rings. The lowest BCUT2D eigenvalue weighted by Gasteiger charge is -2.12. The smallest absolute Gasteiger partial charge is 0.316 e. The Labute approximate surface area is 99.2 Å². The minimum Gasteiger partial charge on any atom is -0.368 e. The maximum absolute atomic E-state index is 11.2. The largest absolute Gasteiger partial charge is 0.368 e. The number of rotatable bonds is 4. The number of hydrogen-bond donors (Lipinski definition) is 3. The van der Waals surface area contributed by atoms with Crippen LogP contribution in [-0.2, 0) is 0 Å². The van der Waals surface area contributed by atoms with E-state index in [9.17, 15) is 9.59 Å². The summed E-state index contributed by atoms with van der Waals surface area (Å²) in [6.45, 7) is 2.68. The number of hydrogen-bond acceptors (Lipinski definition) is 4. The second-order valence-corrected chi connectivity index (χ2v) is 3.77.